The normalized spacial score (nSPS) is 17.7. The number of anilines is 1. The van der Waals surface area contributed by atoms with Crippen LogP contribution in [-0.4, -0.2) is 33.1 Å². The number of unbranched alkanes of at least 4 members (excludes halogenated alkanes) is 2. The molecular formula is C23H28N2O4S. The summed E-state index contributed by atoms with van der Waals surface area (Å²) in [5, 5.41) is 21.5. The van der Waals surface area contributed by atoms with Gasteiger partial charge in [-0.1, -0.05) is 44.4 Å². The maximum atomic E-state index is 12.5. The predicted octanol–water partition coefficient (Wildman–Crippen LogP) is 5.05. The molecule has 6 nitrogen and oxygen atoms in total. The van der Waals surface area contributed by atoms with Crippen molar-refractivity contribution in [1.29, 1.82) is 0 Å². The molecule has 160 valence electrons. The Balaban J connectivity index is 1.62. The zero-order valence-corrected chi connectivity index (χ0v) is 18.0. The zero-order chi connectivity index (χ0) is 21.5. The number of aliphatic hydroxyl groups excluding tert-OH is 1. The number of hydrogen-bond acceptors (Lipinski definition) is 5. The summed E-state index contributed by atoms with van der Waals surface area (Å²) in [5.74, 6) is -0.926. The Bertz CT molecular complexity index is 891. The average molecular weight is 429 g/mol. The second-order valence-corrected chi connectivity index (χ2v) is 8.46. The lowest BCUT2D eigenvalue weighted by atomic mass is 10.0. The molecule has 30 heavy (non-hydrogen) atoms. The van der Waals surface area contributed by atoms with Gasteiger partial charge in [0.05, 0.1) is 6.10 Å². The first-order valence-electron chi connectivity index (χ1n) is 10.4. The van der Waals surface area contributed by atoms with E-state index in [1.54, 1.807) is 0 Å². The maximum absolute atomic E-state index is 12.5. The van der Waals surface area contributed by atoms with Crippen molar-refractivity contribution in [2.75, 3.05) is 4.90 Å². The average Bonchev–Trinajstić information content (AvgIpc) is 3.35. The van der Waals surface area contributed by atoms with Crippen LogP contribution in [0.1, 0.15) is 79.0 Å². The maximum Gasteiger partial charge on any atom is 0.355 e. The van der Waals surface area contributed by atoms with Crippen LogP contribution in [0.2, 0.25) is 0 Å². The van der Waals surface area contributed by atoms with Crippen LogP contribution in [0.4, 0.5) is 5.69 Å². The van der Waals surface area contributed by atoms with Crippen LogP contribution in [-0.2, 0) is 4.79 Å². The van der Waals surface area contributed by atoms with Crippen LogP contribution in [0.25, 0.3) is 6.08 Å². The number of amides is 1. The number of carbonyl (C=O) groups excluding carboxylic acids is 1. The lowest BCUT2D eigenvalue weighted by Gasteiger charge is -2.24. The van der Waals surface area contributed by atoms with E-state index in [-0.39, 0.29) is 17.6 Å². The van der Waals surface area contributed by atoms with Gasteiger partial charge in [0.2, 0.25) is 5.91 Å². The molecule has 1 saturated heterocycles. The summed E-state index contributed by atoms with van der Waals surface area (Å²) in [5.41, 5.74) is 1.79. The van der Waals surface area contributed by atoms with Gasteiger partial charge in [-0.3, -0.25) is 4.79 Å². The highest BCUT2D eigenvalue weighted by Crippen LogP contribution is 2.30. The van der Waals surface area contributed by atoms with Gasteiger partial charge in [0.1, 0.15) is 5.01 Å². The number of aromatic carboxylic acids is 1. The first kappa shape index (κ1) is 22.2. The number of carboxylic acids is 1. The van der Waals surface area contributed by atoms with E-state index in [1.807, 2.05) is 41.3 Å². The van der Waals surface area contributed by atoms with Crippen molar-refractivity contribution < 1.29 is 19.8 Å². The van der Waals surface area contributed by atoms with E-state index in [1.165, 1.54) is 16.7 Å². The van der Waals surface area contributed by atoms with E-state index >= 15 is 0 Å². The molecule has 2 aromatic rings. The minimum Gasteiger partial charge on any atom is -0.476 e. The fraction of sp³-hybridized carbons (Fsp3) is 0.435. The number of benzene rings is 1. The number of thiazole rings is 1. The summed E-state index contributed by atoms with van der Waals surface area (Å²) in [6.45, 7) is 2.14. The molecule has 1 aromatic heterocycles. The molecule has 7 heteroatoms. The Morgan fingerprint density at radius 3 is 2.77 bits per heavy atom. The van der Waals surface area contributed by atoms with Crippen molar-refractivity contribution in [1.82, 2.24) is 4.98 Å². The van der Waals surface area contributed by atoms with Crippen molar-refractivity contribution in [3.63, 3.8) is 0 Å². The molecule has 3 rings (SSSR count). The molecule has 1 aliphatic rings. The van der Waals surface area contributed by atoms with Crippen molar-refractivity contribution in [2.45, 2.75) is 64.0 Å². The van der Waals surface area contributed by atoms with E-state index in [4.69, 9.17) is 5.11 Å². The van der Waals surface area contributed by atoms with Gasteiger partial charge >= 0.3 is 5.97 Å². The molecule has 0 bridgehead atoms. The zero-order valence-electron chi connectivity index (χ0n) is 17.2. The minimum absolute atomic E-state index is 0.0503. The number of aliphatic hydroxyl groups is 1. The number of rotatable bonds is 10. The molecule has 0 saturated carbocycles. The van der Waals surface area contributed by atoms with E-state index < -0.39 is 12.1 Å². The highest BCUT2D eigenvalue weighted by molar-refractivity contribution is 7.10. The Morgan fingerprint density at radius 1 is 1.33 bits per heavy atom. The largest absolute Gasteiger partial charge is 0.476 e. The van der Waals surface area contributed by atoms with Gasteiger partial charge in [-0.05, 0) is 43.0 Å². The summed E-state index contributed by atoms with van der Waals surface area (Å²) in [7, 11) is 0. The molecule has 2 heterocycles. The fourth-order valence-electron chi connectivity index (χ4n) is 3.72. The lowest BCUT2D eigenvalue weighted by molar-refractivity contribution is -0.117. The smallest absolute Gasteiger partial charge is 0.355 e. The van der Waals surface area contributed by atoms with Crippen LogP contribution in [0.15, 0.2) is 35.7 Å². The van der Waals surface area contributed by atoms with Gasteiger partial charge in [0.25, 0.3) is 0 Å². The molecule has 2 N–H and O–H groups in total. The van der Waals surface area contributed by atoms with E-state index in [0.29, 0.717) is 17.8 Å². The Kier molecular flexibility index (Phi) is 7.76. The second-order valence-electron chi connectivity index (χ2n) is 7.57. The van der Waals surface area contributed by atoms with Gasteiger partial charge in [-0.15, -0.1) is 11.3 Å². The van der Waals surface area contributed by atoms with Gasteiger partial charge in [0.15, 0.2) is 5.69 Å². The van der Waals surface area contributed by atoms with Crippen LogP contribution in [0.5, 0.6) is 0 Å². The van der Waals surface area contributed by atoms with Crippen LogP contribution < -0.4 is 4.90 Å². The number of nitrogens with zero attached hydrogens (tertiary/aromatic N) is 2. The molecule has 2 atom stereocenters. The minimum atomic E-state index is -1.03. The molecule has 1 unspecified atom stereocenters. The topological polar surface area (TPSA) is 90.7 Å². The summed E-state index contributed by atoms with van der Waals surface area (Å²) in [6, 6.07) is 7.71. The molecule has 0 aliphatic carbocycles. The second kappa shape index (κ2) is 10.5. The van der Waals surface area contributed by atoms with Gasteiger partial charge < -0.3 is 15.1 Å². The Labute approximate surface area is 180 Å². The molecular weight excluding hydrogens is 400 g/mol. The molecule has 1 aromatic carbocycles. The Morgan fingerprint density at radius 2 is 2.10 bits per heavy atom. The molecule has 1 aliphatic heterocycles. The molecule has 0 spiro atoms. The number of hydrogen-bond donors (Lipinski definition) is 2. The van der Waals surface area contributed by atoms with Crippen molar-refractivity contribution in [3.8, 4) is 0 Å². The first-order valence-corrected chi connectivity index (χ1v) is 11.3. The quantitative estimate of drug-likeness (QED) is 0.517. The predicted molar refractivity (Wildman–Crippen MR) is 119 cm³/mol. The first-order chi connectivity index (χ1) is 14.5. The highest BCUT2D eigenvalue weighted by atomic mass is 32.1. The van der Waals surface area contributed by atoms with E-state index in [9.17, 15) is 14.7 Å². The molecule has 0 radical (unpaired) electrons. The Hall–Kier alpha value is -2.51. The van der Waals surface area contributed by atoms with Gasteiger partial charge in [-0.25, -0.2) is 9.78 Å². The lowest BCUT2D eigenvalue weighted by Crippen LogP contribution is -2.32. The van der Waals surface area contributed by atoms with Crippen molar-refractivity contribution in [3.05, 3.63) is 52.0 Å². The summed E-state index contributed by atoms with van der Waals surface area (Å²) in [4.78, 5) is 29.3. The summed E-state index contributed by atoms with van der Waals surface area (Å²) < 4.78 is 0. The summed E-state index contributed by atoms with van der Waals surface area (Å²) in [6.07, 6.45) is 9.27. The standard InChI is InChI=1S/C23H28N2O4S/c1-2-3-4-7-20(26)16-9-11-18(12-10-16)25-17(13-14-22(25)27)6-5-8-21-24-19(15-30-21)23(28)29/h5,8-12,15,17,20,26H,2-4,6-7,13-14H2,1H3,(H,28,29)/b8-5+/t17?,20-/m1/s1. The highest BCUT2D eigenvalue weighted by Gasteiger charge is 2.31. The van der Waals surface area contributed by atoms with Crippen LogP contribution in [0, 0.1) is 0 Å². The number of carbonyl (C=O) groups is 2. The van der Waals surface area contributed by atoms with Crippen molar-refractivity contribution >= 4 is 35.0 Å². The third-order valence-electron chi connectivity index (χ3n) is 5.37. The van der Waals surface area contributed by atoms with Gasteiger partial charge in [-0.2, -0.15) is 0 Å². The van der Waals surface area contributed by atoms with E-state index in [0.717, 1.165) is 43.4 Å². The fourth-order valence-corrected chi connectivity index (χ4v) is 4.43. The van der Waals surface area contributed by atoms with Crippen LogP contribution >= 0.6 is 11.3 Å². The third-order valence-corrected chi connectivity index (χ3v) is 6.18. The third kappa shape index (κ3) is 5.55. The summed E-state index contributed by atoms with van der Waals surface area (Å²) >= 11 is 1.29. The number of carboxylic acid groups (broad SMARTS) is 1. The van der Waals surface area contributed by atoms with Gasteiger partial charge in [0, 0.05) is 23.5 Å². The molecule has 1 amide bonds. The van der Waals surface area contributed by atoms with E-state index in [2.05, 4.69) is 11.9 Å². The SMILES string of the molecule is CCCCC[C@@H](O)c1ccc(N2C(=O)CCC2C/C=C/c2nc(C(=O)O)cs2)cc1. The van der Waals surface area contributed by atoms with Crippen LogP contribution in [0.3, 0.4) is 0 Å². The van der Waals surface area contributed by atoms with Crippen molar-refractivity contribution in [2.24, 2.45) is 0 Å². The number of aromatic nitrogens is 1. The molecule has 1 fully saturated rings. The monoisotopic (exact) mass is 428 g/mol.